The maximum atomic E-state index is 12.4. The Hall–Kier alpha value is -2.37. The predicted octanol–water partition coefficient (Wildman–Crippen LogP) is 2.43. The molecular weight excluding hydrogens is 328 g/mol. The van der Waals surface area contributed by atoms with E-state index in [1.165, 1.54) is 10.9 Å². The minimum atomic E-state index is 0.108. The van der Waals surface area contributed by atoms with Gasteiger partial charge in [-0.25, -0.2) is 4.98 Å². The van der Waals surface area contributed by atoms with Gasteiger partial charge in [0.25, 0.3) is 0 Å². The van der Waals surface area contributed by atoms with Crippen LogP contribution in [0, 0.1) is 11.8 Å². The third-order valence-corrected chi connectivity index (χ3v) is 5.85. The molecule has 3 heterocycles. The molecule has 4 rings (SSSR count). The third-order valence-electron chi connectivity index (χ3n) is 5.85. The number of pyridine rings is 1. The van der Waals surface area contributed by atoms with Crippen LogP contribution in [-0.2, 0) is 9.59 Å². The molecule has 2 amide bonds. The number of aromatic amines is 1. The molecule has 6 heteroatoms. The van der Waals surface area contributed by atoms with Crippen molar-refractivity contribution < 1.29 is 9.59 Å². The number of nitrogens with zero attached hydrogens (tertiary/aromatic N) is 2. The highest BCUT2D eigenvalue weighted by Crippen LogP contribution is 2.37. The normalized spacial score (nSPS) is 23.2. The molecular formula is C20H26N4O2. The first-order valence-corrected chi connectivity index (χ1v) is 9.61. The average Bonchev–Trinajstić information content (AvgIpc) is 3.25. The Morgan fingerprint density at radius 2 is 2.12 bits per heavy atom. The van der Waals surface area contributed by atoms with Crippen LogP contribution in [-0.4, -0.2) is 46.3 Å². The Bertz CT molecular complexity index is 807. The maximum Gasteiger partial charge on any atom is 0.224 e. The van der Waals surface area contributed by atoms with E-state index in [1.54, 1.807) is 6.20 Å². The lowest BCUT2D eigenvalue weighted by atomic mass is 9.89. The number of nitrogens with one attached hydrogen (secondary N) is 2. The highest BCUT2D eigenvalue weighted by molar-refractivity contribution is 5.83. The Balaban J connectivity index is 1.25. The molecule has 2 fully saturated rings. The molecule has 2 N–H and O–H groups in total. The van der Waals surface area contributed by atoms with E-state index >= 15 is 0 Å². The van der Waals surface area contributed by atoms with Crippen molar-refractivity contribution in [3.05, 3.63) is 30.1 Å². The zero-order chi connectivity index (χ0) is 18.1. The minimum absolute atomic E-state index is 0.108. The summed E-state index contributed by atoms with van der Waals surface area (Å²) < 4.78 is 0. The predicted molar refractivity (Wildman–Crippen MR) is 99.5 cm³/mol. The molecule has 2 aromatic rings. The maximum absolute atomic E-state index is 12.4. The summed E-state index contributed by atoms with van der Waals surface area (Å²) in [7, 11) is 0. The van der Waals surface area contributed by atoms with E-state index in [1.807, 2.05) is 11.0 Å². The number of hydrogen-bond donors (Lipinski definition) is 2. The molecule has 1 aliphatic carbocycles. The van der Waals surface area contributed by atoms with Gasteiger partial charge < -0.3 is 15.2 Å². The van der Waals surface area contributed by atoms with Gasteiger partial charge >= 0.3 is 0 Å². The molecule has 0 bridgehead atoms. The van der Waals surface area contributed by atoms with Crippen molar-refractivity contribution >= 4 is 22.8 Å². The highest BCUT2D eigenvalue weighted by atomic mass is 16.2. The average molecular weight is 354 g/mol. The van der Waals surface area contributed by atoms with Gasteiger partial charge in [0, 0.05) is 49.8 Å². The number of likely N-dealkylation sites (tertiary alicyclic amines) is 1. The van der Waals surface area contributed by atoms with Crippen molar-refractivity contribution in [1.82, 2.24) is 20.2 Å². The third kappa shape index (κ3) is 3.45. The highest BCUT2D eigenvalue weighted by Gasteiger charge is 2.38. The van der Waals surface area contributed by atoms with E-state index in [4.69, 9.17) is 0 Å². The summed E-state index contributed by atoms with van der Waals surface area (Å²) in [6.45, 7) is 4.10. The van der Waals surface area contributed by atoms with E-state index in [0.29, 0.717) is 24.8 Å². The van der Waals surface area contributed by atoms with Gasteiger partial charge in [-0.05, 0) is 48.8 Å². The fraction of sp³-hybridized carbons (Fsp3) is 0.550. The molecule has 138 valence electrons. The van der Waals surface area contributed by atoms with Crippen LogP contribution >= 0.6 is 0 Å². The molecule has 0 unspecified atom stereocenters. The monoisotopic (exact) mass is 354 g/mol. The number of aromatic nitrogens is 2. The van der Waals surface area contributed by atoms with Gasteiger partial charge in [0.2, 0.25) is 11.8 Å². The fourth-order valence-corrected chi connectivity index (χ4v) is 4.02. The molecule has 26 heavy (non-hydrogen) atoms. The second-order valence-electron chi connectivity index (χ2n) is 7.66. The Labute approximate surface area is 153 Å². The number of carbonyl (C=O) groups excluding carboxylic acids is 2. The summed E-state index contributed by atoms with van der Waals surface area (Å²) in [4.78, 5) is 33.7. The lowest BCUT2D eigenvalue weighted by Crippen LogP contribution is -2.39. The summed E-state index contributed by atoms with van der Waals surface area (Å²) in [6, 6.07) is 4.07. The van der Waals surface area contributed by atoms with Crippen LogP contribution in [0.1, 0.15) is 44.1 Å². The summed E-state index contributed by atoms with van der Waals surface area (Å²) >= 11 is 0. The molecule has 1 aliphatic heterocycles. The van der Waals surface area contributed by atoms with Crippen LogP contribution in [0.2, 0.25) is 0 Å². The smallest absolute Gasteiger partial charge is 0.224 e. The molecule has 0 radical (unpaired) electrons. The van der Waals surface area contributed by atoms with Gasteiger partial charge in [-0.15, -0.1) is 0 Å². The minimum Gasteiger partial charge on any atom is -0.355 e. The first kappa shape index (κ1) is 17.1. The summed E-state index contributed by atoms with van der Waals surface area (Å²) in [6.07, 6.45) is 7.19. The largest absolute Gasteiger partial charge is 0.355 e. The number of piperidine rings is 1. The first-order valence-electron chi connectivity index (χ1n) is 9.61. The molecule has 1 saturated carbocycles. The van der Waals surface area contributed by atoms with Gasteiger partial charge in [0.15, 0.2) is 0 Å². The topological polar surface area (TPSA) is 78.1 Å². The van der Waals surface area contributed by atoms with Gasteiger partial charge in [-0.2, -0.15) is 0 Å². The van der Waals surface area contributed by atoms with Crippen LogP contribution in [0.5, 0.6) is 0 Å². The Morgan fingerprint density at radius 3 is 2.85 bits per heavy atom. The van der Waals surface area contributed by atoms with Crippen molar-refractivity contribution in [2.75, 3.05) is 19.6 Å². The SMILES string of the molecule is C[C@@H]1C[C@H]1C(=O)NCCC(=O)N1CCC(c2c[nH]c3ncccc23)CC1. The zero-order valence-corrected chi connectivity index (χ0v) is 15.2. The lowest BCUT2D eigenvalue weighted by molar-refractivity contribution is -0.132. The molecule has 1 saturated heterocycles. The zero-order valence-electron chi connectivity index (χ0n) is 15.2. The van der Waals surface area contributed by atoms with Crippen molar-refractivity contribution in [3.8, 4) is 0 Å². The number of hydrogen-bond acceptors (Lipinski definition) is 3. The number of carbonyl (C=O) groups is 2. The summed E-state index contributed by atoms with van der Waals surface area (Å²) in [5, 5.41) is 4.09. The van der Waals surface area contributed by atoms with E-state index in [9.17, 15) is 9.59 Å². The Morgan fingerprint density at radius 1 is 1.35 bits per heavy atom. The second kappa shape index (κ2) is 7.09. The first-order chi connectivity index (χ1) is 12.6. The number of H-pyrrole nitrogens is 1. The summed E-state index contributed by atoms with van der Waals surface area (Å²) in [5.41, 5.74) is 2.24. The van der Waals surface area contributed by atoms with E-state index in [0.717, 1.165) is 38.0 Å². The molecule has 0 aromatic carbocycles. The standard InChI is InChI=1S/C20H26N4O2/c1-13-11-16(13)20(26)22-8-4-18(25)24-9-5-14(6-10-24)17-12-23-19-15(17)3-2-7-21-19/h2-3,7,12-14,16H,4-6,8-11H2,1H3,(H,21,23)(H,22,26)/t13-,16-/m1/s1. The Kier molecular flexibility index (Phi) is 4.66. The van der Waals surface area contributed by atoms with Crippen LogP contribution in [0.4, 0.5) is 0 Å². The van der Waals surface area contributed by atoms with Gasteiger partial charge in [-0.1, -0.05) is 6.92 Å². The fourth-order valence-electron chi connectivity index (χ4n) is 4.02. The van der Waals surface area contributed by atoms with Crippen LogP contribution in [0.25, 0.3) is 11.0 Å². The summed E-state index contributed by atoms with van der Waals surface area (Å²) in [5.74, 6) is 1.40. The van der Waals surface area contributed by atoms with Crippen LogP contribution < -0.4 is 5.32 Å². The van der Waals surface area contributed by atoms with E-state index in [-0.39, 0.29) is 17.7 Å². The molecule has 0 spiro atoms. The van der Waals surface area contributed by atoms with Gasteiger partial charge in [0.1, 0.15) is 5.65 Å². The van der Waals surface area contributed by atoms with Gasteiger partial charge in [-0.3, -0.25) is 9.59 Å². The van der Waals surface area contributed by atoms with Crippen molar-refractivity contribution in [1.29, 1.82) is 0 Å². The molecule has 2 atom stereocenters. The molecule has 2 aromatic heterocycles. The number of rotatable bonds is 5. The van der Waals surface area contributed by atoms with Gasteiger partial charge in [0.05, 0.1) is 0 Å². The number of amides is 2. The van der Waals surface area contributed by atoms with Crippen molar-refractivity contribution in [3.63, 3.8) is 0 Å². The van der Waals surface area contributed by atoms with Crippen molar-refractivity contribution in [2.45, 2.75) is 38.5 Å². The van der Waals surface area contributed by atoms with E-state index in [2.05, 4.69) is 34.5 Å². The number of fused-ring (bicyclic) bond motifs is 1. The van der Waals surface area contributed by atoms with E-state index < -0.39 is 0 Å². The van der Waals surface area contributed by atoms with Crippen molar-refractivity contribution in [2.24, 2.45) is 11.8 Å². The van der Waals surface area contributed by atoms with Crippen LogP contribution in [0.15, 0.2) is 24.5 Å². The quantitative estimate of drug-likeness (QED) is 0.866. The second-order valence-corrected chi connectivity index (χ2v) is 7.66. The van der Waals surface area contributed by atoms with Crippen LogP contribution in [0.3, 0.4) is 0 Å². The molecule has 6 nitrogen and oxygen atoms in total. The molecule has 2 aliphatic rings. The lowest BCUT2D eigenvalue weighted by Gasteiger charge is -2.32.